The van der Waals surface area contributed by atoms with Gasteiger partial charge < -0.3 is 5.32 Å². The molecule has 1 amide bonds. The molecule has 0 aromatic rings. The Balaban J connectivity index is 2.52. The third-order valence-corrected chi connectivity index (χ3v) is 2.89. The first-order valence-corrected chi connectivity index (χ1v) is 5.80. The standard InChI is InChI=1S/C12H20N2O/c1-10(2)8-11(15)14-12(9-13)6-4-3-5-7-12/h10H,3-8H2,1-2H3,(H,14,15). The zero-order valence-electron chi connectivity index (χ0n) is 9.68. The van der Waals surface area contributed by atoms with E-state index >= 15 is 0 Å². The summed E-state index contributed by atoms with van der Waals surface area (Å²) >= 11 is 0. The minimum absolute atomic E-state index is 0.0217. The monoisotopic (exact) mass is 208 g/mol. The van der Waals surface area contributed by atoms with Crippen LogP contribution in [0.4, 0.5) is 0 Å². The maximum absolute atomic E-state index is 11.6. The second-order valence-corrected chi connectivity index (χ2v) is 4.90. The Kier molecular flexibility index (Phi) is 4.14. The van der Waals surface area contributed by atoms with Gasteiger partial charge in [0.15, 0.2) is 0 Å². The highest BCUT2D eigenvalue weighted by molar-refractivity contribution is 5.77. The molecule has 0 aliphatic heterocycles. The Morgan fingerprint density at radius 1 is 1.40 bits per heavy atom. The number of hydrogen-bond donors (Lipinski definition) is 1. The first kappa shape index (κ1) is 12.0. The highest BCUT2D eigenvalue weighted by atomic mass is 16.1. The van der Waals surface area contributed by atoms with Crippen LogP contribution in [-0.4, -0.2) is 11.4 Å². The number of rotatable bonds is 3. The largest absolute Gasteiger partial charge is 0.338 e. The van der Waals surface area contributed by atoms with E-state index < -0.39 is 5.54 Å². The molecule has 1 N–H and O–H groups in total. The molecule has 0 spiro atoms. The fourth-order valence-corrected chi connectivity index (χ4v) is 2.11. The Hall–Kier alpha value is -1.04. The number of nitrogens with one attached hydrogen (secondary N) is 1. The van der Waals surface area contributed by atoms with Crippen LogP contribution in [0.3, 0.4) is 0 Å². The van der Waals surface area contributed by atoms with Crippen LogP contribution in [0.2, 0.25) is 0 Å². The van der Waals surface area contributed by atoms with E-state index in [0.29, 0.717) is 12.3 Å². The van der Waals surface area contributed by atoms with Crippen LogP contribution in [0, 0.1) is 17.2 Å². The second-order valence-electron chi connectivity index (χ2n) is 4.90. The van der Waals surface area contributed by atoms with E-state index in [1.807, 2.05) is 13.8 Å². The predicted molar refractivity (Wildman–Crippen MR) is 59.0 cm³/mol. The summed E-state index contributed by atoms with van der Waals surface area (Å²) in [6, 6.07) is 2.29. The van der Waals surface area contributed by atoms with Crippen LogP contribution >= 0.6 is 0 Å². The lowest BCUT2D eigenvalue weighted by atomic mass is 9.82. The Bertz CT molecular complexity index is 259. The van der Waals surface area contributed by atoms with Crippen LogP contribution < -0.4 is 5.32 Å². The molecule has 15 heavy (non-hydrogen) atoms. The third-order valence-electron chi connectivity index (χ3n) is 2.89. The van der Waals surface area contributed by atoms with E-state index in [0.717, 1.165) is 25.7 Å². The molecule has 0 bridgehead atoms. The van der Waals surface area contributed by atoms with Crippen LogP contribution in [-0.2, 0) is 4.79 Å². The van der Waals surface area contributed by atoms with Crippen molar-refractivity contribution in [1.29, 1.82) is 5.26 Å². The summed E-state index contributed by atoms with van der Waals surface area (Å²) in [5.41, 5.74) is -0.565. The topological polar surface area (TPSA) is 52.9 Å². The van der Waals surface area contributed by atoms with Crippen molar-refractivity contribution < 1.29 is 4.79 Å². The lowest BCUT2D eigenvalue weighted by Crippen LogP contribution is -2.48. The van der Waals surface area contributed by atoms with Gasteiger partial charge in [0.1, 0.15) is 5.54 Å². The first-order chi connectivity index (χ1) is 7.08. The second kappa shape index (κ2) is 5.16. The van der Waals surface area contributed by atoms with Gasteiger partial charge in [-0.3, -0.25) is 4.79 Å². The quantitative estimate of drug-likeness (QED) is 0.774. The van der Waals surface area contributed by atoms with Gasteiger partial charge in [0.05, 0.1) is 6.07 Å². The van der Waals surface area contributed by atoms with Crippen molar-refractivity contribution in [2.24, 2.45) is 5.92 Å². The minimum atomic E-state index is -0.565. The molecule has 1 aliphatic rings. The Morgan fingerprint density at radius 2 is 2.00 bits per heavy atom. The van der Waals surface area contributed by atoms with Crippen LogP contribution in [0.25, 0.3) is 0 Å². The molecule has 1 rings (SSSR count). The van der Waals surface area contributed by atoms with Gasteiger partial charge in [0.25, 0.3) is 0 Å². The number of nitriles is 1. The Labute approximate surface area is 91.9 Å². The van der Waals surface area contributed by atoms with E-state index in [1.165, 1.54) is 6.42 Å². The van der Waals surface area contributed by atoms with Gasteiger partial charge in [-0.05, 0) is 18.8 Å². The summed E-state index contributed by atoms with van der Waals surface area (Å²) in [5.74, 6) is 0.373. The maximum atomic E-state index is 11.6. The molecule has 1 aliphatic carbocycles. The molecule has 0 heterocycles. The number of hydrogen-bond acceptors (Lipinski definition) is 2. The smallest absolute Gasteiger partial charge is 0.221 e. The summed E-state index contributed by atoms with van der Waals surface area (Å²) < 4.78 is 0. The van der Waals surface area contributed by atoms with E-state index in [9.17, 15) is 4.79 Å². The van der Waals surface area contributed by atoms with Gasteiger partial charge in [-0.15, -0.1) is 0 Å². The molecule has 1 fully saturated rings. The lowest BCUT2D eigenvalue weighted by Gasteiger charge is -2.31. The van der Waals surface area contributed by atoms with E-state index in [4.69, 9.17) is 5.26 Å². The van der Waals surface area contributed by atoms with Crippen molar-refractivity contribution in [3.63, 3.8) is 0 Å². The molecular weight excluding hydrogens is 188 g/mol. The van der Waals surface area contributed by atoms with Gasteiger partial charge in [-0.2, -0.15) is 5.26 Å². The summed E-state index contributed by atoms with van der Waals surface area (Å²) in [4.78, 5) is 11.6. The zero-order valence-corrected chi connectivity index (χ0v) is 9.68. The molecule has 1 saturated carbocycles. The highest BCUT2D eigenvalue weighted by Crippen LogP contribution is 2.27. The van der Waals surface area contributed by atoms with Crippen LogP contribution in [0.15, 0.2) is 0 Å². The van der Waals surface area contributed by atoms with Crippen molar-refractivity contribution in [2.45, 2.75) is 57.9 Å². The number of amides is 1. The molecule has 0 unspecified atom stereocenters. The maximum Gasteiger partial charge on any atom is 0.221 e. The molecule has 3 nitrogen and oxygen atoms in total. The average Bonchev–Trinajstić information content (AvgIpc) is 2.17. The van der Waals surface area contributed by atoms with Crippen molar-refractivity contribution in [2.75, 3.05) is 0 Å². The lowest BCUT2D eigenvalue weighted by molar-refractivity contribution is -0.123. The first-order valence-electron chi connectivity index (χ1n) is 5.80. The fraction of sp³-hybridized carbons (Fsp3) is 0.833. The van der Waals surface area contributed by atoms with Crippen LogP contribution in [0.5, 0.6) is 0 Å². The average molecular weight is 208 g/mol. The van der Waals surface area contributed by atoms with Crippen molar-refractivity contribution in [3.05, 3.63) is 0 Å². The minimum Gasteiger partial charge on any atom is -0.338 e. The summed E-state index contributed by atoms with van der Waals surface area (Å²) in [6.07, 6.45) is 5.43. The molecule has 0 aromatic heterocycles. The van der Waals surface area contributed by atoms with Crippen molar-refractivity contribution >= 4 is 5.91 Å². The molecule has 84 valence electrons. The third kappa shape index (κ3) is 3.54. The Morgan fingerprint density at radius 3 is 2.47 bits per heavy atom. The SMILES string of the molecule is CC(C)CC(=O)NC1(C#N)CCCCC1. The molecular formula is C12H20N2O. The van der Waals surface area contributed by atoms with Crippen molar-refractivity contribution in [3.8, 4) is 6.07 Å². The van der Waals surface area contributed by atoms with Gasteiger partial charge in [0, 0.05) is 6.42 Å². The van der Waals surface area contributed by atoms with E-state index in [-0.39, 0.29) is 5.91 Å². The van der Waals surface area contributed by atoms with Crippen LogP contribution in [0.1, 0.15) is 52.4 Å². The number of carbonyl (C=O) groups is 1. The summed E-state index contributed by atoms with van der Waals surface area (Å²) in [7, 11) is 0. The number of nitrogens with zero attached hydrogens (tertiary/aromatic N) is 1. The van der Waals surface area contributed by atoms with Gasteiger partial charge >= 0.3 is 0 Å². The summed E-state index contributed by atoms with van der Waals surface area (Å²) in [6.45, 7) is 4.03. The zero-order chi connectivity index (χ0) is 11.3. The molecule has 0 saturated heterocycles. The van der Waals surface area contributed by atoms with Gasteiger partial charge in [-0.1, -0.05) is 33.1 Å². The molecule has 0 atom stereocenters. The number of carbonyl (C=O) groups excluding carboxylic acids is 1. The van der Waals surface area contributed by atoms with Gasteiger partial charge in [0.2, 0.25) is 5.91 Å². The molecule has 0 radical (unpaired) electrons. The highest BCUT2D eigenvalue weighted by Gasteiger charge is 2.33. The normalized spacial score (nSPS) is 19.6. The van der Waals surface area contributed by atoms with Gasteiger partial charge in [-0.25, -0.2) is 0 Å². The van der Waals surface area contributed by atoms with Crippen molar-refractivity contribution in [1.82, 2.24) is 5.32 Å². The summed E-state index contributed by atoms with van der Waals surface area (Å²) in [5, 5.41) is 12.1. The molecule has 3 heteroatoms. The molecule has 0 aromatic carbocycles. The van der Waals surface area contributed by atoms with E-state index in [2.05, 4.69) is 11.4 Å². The van der Waals surface area contributed by atoms with E-state index in [1.54, 1.807) is 0 Å². The fourth-order valence-electron chi connectivity index (χ4n) is 2.11. The predicted octanol–water partition coefficient (Wildman–Crippen LogP) is 2.38.